The van der Waals surface area contributed by atoms with E-state index in [-0.39, 0.29) is 16.7 Å². The predicted molar refractivity (Wildman–Crippen MR) is 98.8 cm³/mol. The number of benzene rings is 1. The van der Waals surface area contributed by atoms with Crippen LogP contribution in [-0.2, 0) is 20.0 Å². The summed E-state index contributed by atoms with van der Waals surface area (Å²) in [4.78, 5) is 12.4. The average molecular weight is 404 g/mol. The van der Waals surface area contributed by atoms with E-state index in [9.17, 15) is 21.6 Å². The molecule has 1 heterocycles. The van der Waals surface area contributed by atoms with Gasteiger partial charge in [-0.05, 0) is 43.0 Å². The maximum atomic E-state index is 12.2. The van der Waals surface area contributed by atoms with Gasteiger partial charge in [-0.3, -0.25) is 4.79 Å². The van der Waals surface area contributed by atoms with Gasteiger partial charge in [0.1, 0.15) is 0 Å². The molecule has 0 saturated carbocycles. The van der Waals surface area contributed by atoms with Gasteiger partial charge >= 0.3 is 0 Å². The molecule has 1 N–H and O–H groups in total. The van der Waals surface area contributed by atoms with Crippen molar-refractivity contribution in [3.63, 3.8) is 0 Å². The molecule has 8 nitrogen and oxygen atoms in total. The summed E-state index contributed by atoms with van der Waals surface area (Å²) >= 11 is 0. The molecule has 0 radical (unpaired) electrons. The number of hydrogen-bond acceptors (Lipinski definition) is 5. The Labute approximate surface area is 155 Å². The van der Waals surface area contributed by atoms with Gasteiger partial charge in [0.2, 0.25) is 20.0 Å². The van der Waals surface area contributed by atoms with E-state index in [1.54, 1.807) is 0 Å². The second kappa shape index (κ2) is 8.03. The van der Waals surface area contributed by atoms with Gasteiger partial charge in [0, 0.05) is 39.3 Å². The topological polar surface area (TPSA) is 104 Å². The van der Waals surface area contributed by atoms with Crippen LogP contribution in [0.2, 0.25) is 0 Å². The van der Waals surface area contributed by atoms with E-state index in [1.165, 1.54) is 48.9 Å². The Morgan fingerprint density at radius 2 is 1.65 bits per heavy atom. The van der Waals surface area contributed by atoms with Crippen molar-refractivity contribution in [3.8, 4) is 0 Å². The van der Waals surface area contributed by atoms with Crippen LogP contribution >= 0.6 is 0 Å². The van der Waals surface area contributed by atoms with Crippen LogP contribution in [0.4, 0.5) is 0 Å². The fourth-order valence-electron chi connectivity index (χ4n) is 2.77. The summed E-state index contributed by atoms with van der Waals surface area (Å²) in [5.41, 5.74) is 0.385. The van der Waals surface area contributed by atoms with Crippen LogP contribution in [0, 0.1) is 5.92 Å². The largest absolute Gasteiger partial charge is 0.352 e. The lowest BCUT2D eigenvalue weighted by atomic mass is 9.98. The Balaban J connectivity index is 1.89. The molecule has 1 aliphatic rings. The molecule has 146 valence electrons. The van der Waals surface area contributed by atoms with Crippen molar-refractivity contribution in [2.75, 3.05) is 40.0 Å². The number of carbonyl (C=O) groups excluding carboxylic acids is 1. The molecule has 1 fully saturated rings. The third-order valence-corrected chi connectivity index (χ3v) is 7.62. The lowest BCUT2D eigenvalue weighted by Crippen LogP contribution is -2.41. The number of amides is 1. The molecule has 0 aromatic heterocycles. The van der Waals surface area contributed by atoms with Crippen molar-refractivity contribution in [2.45, 2.75) is 17.7 Å². The standard InChI is InChI=1S/C16H25N3O5S2/c1-18(2)26(23,24)15-6-4-14(5-7-15)16(20)17-12-13-8-10-19(11-9-13)25(3,21)22/h4-7,13H,8-12H2,1-3H3,(H,17,20). The highest BCUT2D eigenvalue weighted by Gasteiger charge is 2.25. The van der Waals surface area contributed by atoms with Crippen molar-refractivity contribution < 1.29 is 21.6 Å². The zero-order valence-electron chi connectivity index (χ0n) is 15.2. The van der Waals surface area contributed by atoms with Crippen LogP contribution in [0.5, 0.6) is 0 Å². The van der Waals surface area contributed by atoms with Gasteiger partial charge in [-0.1, -0.05) is 0 Å². The number of nitrogens with one attached hydrogen (secondary N) is 1. The smallest absolute Gasteiger partial charge is 0.251 e. The van der Waals surface area contributed by atoms with Gasteiger partial charge in [-0.25, -0.2) is 25.4 Å². The molecule has 1 saturated heterocycles. The molecule has 0 unspecified atom stereocenters. The van der Waals surface area contributed by atoms with Crippen molar-refractivity contribution in [3.05, 3.63) is 29.8 Å². The molecule has 2 rings (SSSR count). The van der Waals surface area contributed by atoms with Gasteiger partial charge in [0.05, 0.1) is 11.2 Å². The van der Waals surface area contributed by atoms with Crippen LogP contribution in [0.15, 0.2) is 29.2 Å². The predicted octanol–water partition coefficient (Wildman–Crippen LogP) is 0.338. The van der Waals surface area contributed by atoms with Gasteiger partial charge in [-0.15, -0.1) is 0 Å². The Morgan fingerprint density at radius 3 is 2.12 bits per heavy atom. The van der Waals surface area contributed by atoms with Crippen molar-refractivity contribution >= 4 is 26.0 Å². The molecular weight excluding hydrogens is 378 g/mol. The summed E-state index contributed by atoms with van der Waals surface area (Å²) < 4.78 is 49.6. The van der Waals surface area contributed by atoms with Crippen LogP contribution in [0.25, 0.3) is 0 Å². The SMILES string of the molecule is CN(C)S(=O)(=O)c1ccc(C(=O)NCC2CCN(S(C)(=O)=O)CC2)cc1. The number of nitrogens with zero attached hydrogens (tertiary/aromatic N) is 2. The number of carbonyl (C=O) groups is 1. The van der Waals surface area contributed by atoms with Crippen molar-refractivity contribution in [1.29, 1.82) is 0 Å². The second-order valence-corrected chi connectivity index (χ2v) is 10.8. The number of rotatable bonds is 6. The van der Waals surface area contributed by atoms with Crippen molar-refractivity contribution in [2.24, 2.45) is 5.92 Å². The zero-order valence-corrected chi connectivity index (χ0v) is 16.8. The second-order valence-electron chi connectivity index (χ2n) is 6.63. The van der Waals surface area contributed by atoms with Gasteiger partial charge in [-0.2, -0.15) is 0 Å². The minimum atomic E-state index is -3.52. The lowest BCUT2D eigenvalue weighted by Gasteiger charge is -2.30. The molecule has 1 amide bonds. The fraction of sp³-hybridized carbons (Fsp3) is 0.562. The number of piperidine rings is 1. The maximum Gasteiger partial charge on any atom is 0.251 e. The molecular formula is C16H25N3O5S2. The van der Waals surface area contributed by atoms with Crippen molar-refractivity contribution in [1.82, 2.24) is 13.9 Å². The molecule has 10 heteroatoms. The molecule has 0 spiro atoms. The Morgan fingerprint density at radius 1 is 1.12 bits per heavy atom. The average Bonchev–Trinajstić information content (AvgIpc) is 2.59. The summed E-state index contributed by atoms with van der Waals surface area (Å²) in [6.45, 7) is 1.40. The molecule has 26 heavy (non-hydrogen) atoms. The van der Waals surface area contributed by atoms with Crippen LogP contribution in [0.1, 0.15) is 23.2 Å². The quantitative estimate of drug-likeness (QED) is 0.738. The van der Waals surface area contributed by atoms with E-state index < -0.39 is 20.0 Å². The van der Waals surface area contributed by atoms with E-state index in [1.807, 2.05) is 0 Å². The highest BCUT2D eigenvalue weighted by molar-refractivity contribution is 7.89. The van der Waals surface area contributed by atoms with Gasteiger partial charge in [0.15, 0.2) is 0 Å². The number of sulfonamides is 2. The summed E-state index contributed by atoms with van der Waals surface area (Å²) in [5.74, 6) is -0.0466. The van der Waals surface area contributed by atoms with E-state index in [0.717, 1.165) is 4.31 Å². The highest BCUT2D eigenvalue weighted by Crippen LogP contribution is 2.19. The summed E-state index contributed by atoms with van der Waals surface area (Å²) in [7, 11) is -3.77. The van der Waals surface area contributed by atoms with E-state index in [4.69, 9.17) is 0 Å². The molecule has 0 bridgehead atoms. The Hall–Kier alpha value is -1.49. The first-order valence-corrected chi connectivity index (χ1v) is 11.6. The van der Waals surface area contributed by atoms with Gasteiger partial charge in [0.25, 0.3) is 5.91 Å². The summed E-state index contributed by atoms with van der Waals surface area (Å²) in [6, 6.07) is 5.79. The fourth-order valence-corrected chi connectivity index (χ4v) is 4.55. The normalized spacial score (nSPS) is 17.4. The molecule has 0 atom stereocenters. The monoisotopic (exact) mass is 403 g/mol. The third-order valence-electron chi connectivity index (χ3n) is 4.49. The highest BCUT2D eigenvalue weighted by atomic mass is 32.2. The van der Waals surface area contributed by atoms with Gasteiger partial charge < -0.3 is 5.32 Å². The van der Waals surface area contributed by atoms with E-state index >= 15 is 0 Å². The van der Waals surface area contributed by atoms with E-state index in [2.05, 4.69) is 5.32 Å². The first-order valence-electron chi connectivity index (χ1n) is 8.27. The summed E-state index contributed by atoms with van der Waals surface area (Å²) in [6.07, 6.45) is 2.61. The first kappa shape index (κ1) is 20.8. The number of hydrogen-bond donors (Lipinski definition) is 1. The van der Waals surface area contributed by atoms with Crippen LogP contribution in [-0.4, -0.2) is 71.3 Å². The van der Waals surface area contributed by atoms with Crippen LogP contribution < -0.4 is 5.32 Å². The molecule has 0 aliphatic carbocycles. The minimum Gasteiger partial charge on any atom is -0.352 e. The molecule has 1 aromatic rings. The Bertz CT molecular complexity index is 840. The lowest BCUT2D eigenvalue weighted by molar-refractivity contribution is 0.0941. The zero-order chi connectivity index (χ0) is 19.5. The third kappa shape index (κ3) is 5.03. The van der Waals surface area contributed by atoms with Crippen LogP contribution in [0.3, 0.4) is 0 Å². The maximum absolute atomic E-state index is 12.2. The molecule has 1 aliphatic heterocycles. The first-order chi connectivity index (χ1) is 12.0. The van der Waals surface area contributed by atoms with E-state index in [0.29, 0.717) is 38.0 Å². The minimum absolute atomic E-state index is 0.132. The summed E-state index contributed by atoms with van der Waals surface area (Å²) in [5, 5.41) is 2.84. The Kier molecular flexibility index (Phi) is 6.43. The molecule has 1 aromatic carbocycles.